The Balaban J connectivity index is 2.23. The van der Waals surface area contributed by atoms with Crippen molar-refractivity contribution in [2.75, 3.05) is 10.5 Å². The summed E-state index contributed by atoms with van der Waals surface area (Å²) < 4.78 is 27.9. The van der Waals surface area contributed by atoms with E-state index in [4.69, 9.17) is 5.73 Å². The monoisotopic (exact) mass is 284 g/mol. The van der Waals surface area contributed by atoms with Gasteiger partial charge in [0.25, 0.3) is 10.0 Å². The van der Waals surface area contributed by atoms with Crippen LogP contribution in [0.15, 0.2) is 17.2 Å². The molecule has 0 aromatic carbocycles. The zero-order chi connectivity index (χ0) is 14.0. The number of hydrogen-bond donors (Lipinski definition) is 3. The number of hydrogen-bond acceptors (Lipinski definition) is 5. The quantitative estimate of drug-likeness (QED) is 0.737. The van der Waals surface area contributed by atoms with Crippen LogP contribution in [0.5, 0.6) is 0 Å². The van der Waals surface area contributed by atoms with E-state index in [2.05, 4.69) is 20.0 Å². The fourth-order valence-corrected chi connectivity index (χ4v) is 2.79. The molecular formula is C10H16N6O2S. The van der Waals surface area contributed by atoms with Crippen LogP contribution in [0, 0.1) is 0 Å². The van der Waals surface area contributed by atoms with Crippen LogP contribution in [0.25, 0.3) is 0 Å². The summed E-state index contributed by atoms with van der Waals surface area (Å²) >= 11 is 0. The van der Waals surface area contributed by atoms with Gasteiger partial charge in [0, 0.05) is 25.0 Å². The average molecular weight is 284 g/mol. The maximum atomic E-state index is 12.1. The third-order valence-corrected chi connectivity index (χ3v) is 3.87. The SMILES string of the molecule is CCCc1cc(NS(=O)(=O)c2cn(C)nc2N)n[nH]1. The molecule has 0 unspecified atom stereocenters. The number of H-pyrrole nitrogens is 1. The molecule has 0 radical (unpaired) electrons. The molecule has 9 heteroatoms. The molecular weight excluding hydrogens is 268 g/mol. The van der Waals surface area contributed by atoms with Crippen molar-refractivity contribution >= 4 is 21.7 Å². The molecule has 2 aromatic heterocycles. The second kappa shape index (κ2) is 4.92. The van der Waals surface area contributed by atoms with Gasteiger partial charge in [0.15, 0.2) is 11.6 Å². The first kappa shape index (κ1) is 13.4. The van der Waals surface area contributed by atoms with Crippen LogP contribution in [0.2, 0.25) is 0 Å². The van der Waals surface area contributed by atoms with Gasteiger partial charge < -0.3 is 5.73 Å². The largest absolute Gasteiger partial charge is 0.381 e. The Morgan fingerprint density at radius 2 is 2.26 bits per heavy atom. The minimum atomic E-state index is -3.77. The molecule has 2 heterocycles. The number of nitrogen functional groups attached to an aromatic ring is 1. The molecule has 0 atom stereocenters. The highest BCUT2D eigenvalue weighted by Gasteiger charge is 2.21. The number of aryl methyl sites for hydroxylation is 2. The highest BCUT2D eigenvalue weighted by Crippen LogP contribution is 2.19. The molecule has 0 spiro atoms. The Kier molecular flexibility index (Phi) is 3.47. The third kappa shape index (κ3) is 2.87. The van der Waals surface area contributed by atoms with Crippen LogP contribution in [-0.2, 0) is 23.5 Å². The van der Waals surface area contributed by atoms with Crippen LogP contribution < -0.4 is 10.5 Å². The number of anilines is 2. The van der Waals surface area contributed by atoms with Gasteiger partial charge in [0.05, 0.1) is 0 Å². The molecule has 4 N–H and O–H groups in total. The molecule has 0 fully saturated rings. The number of rotatable bonds is 5. The van der Waals surface area contributed by atoms with E-state index in [1.165, 1.54) is 10.9 Å². The number of aromatic amines is 1. The van der Waals surface area contributed by atoms with Crippen LogP contribution in [0.3, 0.4) is 0 Å². The lowest BCUT2D eigenvalue weighted by Crippen LogP contribution is -2.14. The number of nitrogens with two attached hydrogens (primary N) is 1. The van der Waals surface area contributed by atoms with Crippen molar-refractivity contribution in [3.05, 3.63) is 18.0 Å². The summed E-state index contributed by atoms with van der Waals surface area (Å²) in [5.41, 5.74) is 6.43. The molecule has 8 nitrogen and oxygen atoms in total. The maximum Gasteiger partial charge on any atom is 0.268 e. The van der Waals surface area contributed by atoms with Crippen molar-refractivity contribution in [1.29, 1.82) is 0 Å². The minimum Gasteiger partial charge on any atom is -0.381 e. The highest BCUT2D eigenvalue weighted by atomic mass is 32.2. The summed E-state index contributed by atoms with van der Waals surface area (Å²) in [4.78, 5) is -0.0601. The smallest absolute Gasteiger partial charge is 0.268 e. The van der Waals surface area contributed by atoms with Gasteiger partial charge in [-0.15, -0.1) is 0 Å². The van der Waals surface area contributed by atoms with Crippen molar-refractivity contribution < 1.29 is 8.42 Å². The van der Waals surface area contributed by atoms with Crippen LogP contribution >= 0.6 is 0 Å². The first-order valence-corrected chi connectivity index (χ1v) is 7.27. The predicted octanol–water partition coefficient (Wildman–Crippen LogP) is 0.479. The Morgan fingerprint density at radius 1 is 1.53 bits per heavy atom. The van der Waals surface area contributed by atoms with Gasteiger partial charge in [-0.05, 0) is 6.42 Å². The van der Waals surface area contributed by atoms with Gasteiger partial charge >= 0.3 is 0 Å². The fourth-order valence-electron chi connectivity index (χ4n) is 1.69. The third-order valence-electron chi connectivity index (χ3n) is 2.50. The van der Waals surface area contributed by atoms with Crippen LogP contribution in [-0.4, -0.2) is 28.4 Å². The van der Waals surface area contributed by atoms with Crippen LogP contribution in [0.4, 0.5) is 11.6 Å². The zero-order valence-corrected chi connectivity index (χ0v) is 11.5. The van der Waals surface area contributed by atoms with Gasteiger partial charge in [-0.2, -0.15) is 10.2 Å². The van der Waals surface area contributed by atoms with Gasteiger partial charge in [0.2, 0.25) is 0 Å². The van der Waals surface area contributed by atoms with Crippen molar-refractivity contribution in [1.82, 2.24) is 20.0 Å². The lowest BCUT2D eigenvalue weighted by molar-refractivity contribution is 0.601. The van der Waals surface area contributed by atoms with E-state index in [0.29, 0.717) is 0 Å². The Labute approximate surface area is 111 Å². The summed E-state index contributed by atoms with van der Waals surface area (Å²) in [6.07, 6.45) is 3.10. The molecule has 0 aliphatic carbocycles. The number of sulfonamides is 1. The Morgan fingerprint density at radius 3 is 2.84 bits per heavy atom. The standard InChI is InChI=1S/C10H16N6O2S/c1-3-4-7-5-9(13-12-7)15-19(17,18)8-6-16(2)14-10(8)11/h5-6H,3-4H2,1-2H3,(H2,11,14)(H2,12,13,15). The molecule has 2 rings (SSSR count). The first-order chi connectivity index (χ1) is 8.92. The van der Waals surface area contributed by atoms with Gasteiger partial charge in [0.1, 0.15) is 4.90 Å². The molecule has 0 amide bonds. The highest BCUT2D eigenvalue weighted by molar-refractivity contribution is 7.92. The predicted molar refractivity (Wildman–Crippen MR) is 71.0 cm³/mol. The van der Waals surface area contributed by atoms with Crippen molar-refractivity contribution in [3.63, 3.8) is 0 Å². The van der Waals surface area contributed by atoms with E-state index in [-0.39, 0.29) is 16.5 Å². The summed E-state index contributed by atoms with van der Waals surface area (Å²) in [5.74, 6) is 0.200. The molecule has 2 aromatic rings. The van der Waals surface area contributed by atoms with Crippen molar-refractivity contribution in [2.45, 2.75) is 24.7 Å². The Hall–Kier alpha value is -2.03. The van der Waals surface area contributed by atoms with E-state index in [1.807, 2.05) is 6.92 Å². The number of nitrogens with zero attached hydrogens (tertiary/aromatic N) is 3. The van der Waals surface area contributed by atoms with Gasteiger partial charge in [-0.25, -0.2) is 8.42 Å². The second-order valence-electron chi connectivity index (χ2n) is 4.19. The summed E-state index contributed by atoms with van der Waals surface area (Å²) in [7, 11) is -2.17. The van der Waals surface area contributed by atoms with Crippen LogP contribution in [0.1, 0.15) is 19.0 Å². The van der Waals surface area contributed by atoms with Gasteiger partial charge in [-0.1, -0.05) is 13.3 Å². The molecule has 0 bridgehead atoms. The molecule has 0 saturated carbocycles. The van der Waals surface area contributed by atoms with E-state index in [1.54, 1.807) is 13.1 Å². The van der Waals surface area contributed by atoms with Crippen molar-refractivity contribution in [2.24, 2.45) is 7.05 Å². The van der Waals surface area contributed by atoms with Crippen molar-refractivity contribution in [3.8, 4) is 0 Å². The molecule has 0 saturated heterocycles. The van der Waals surface area contributed by atoms with E-state index in [0.717, 1.165) is 18.5 Å². The second-order valence-corrected chi connectivity index (χ2v) is 5.84. The summed E-state index contributed by atoms with van der Waals surface area (Å²) in [6, 6.07) is 1.66. The fraction of sp³-hybridized carbons (Fsp3) is 0.400. The lowest BCUT2D eigenvalue weighted by Gasteiger charge is -2.02. The molecule has 19 heavy (non-hydrogen) atoms. The van der Waals surface area contributed by atoms with E-state index < -0.39 is 10.0 Å². The number of nitrogens with one attached hydrogen (secondary N) is 2. The molecule has 0 aliphatic rings. The maximum absolute atomic E-state index is 12.1. The minimum absolute atomic E-state index is 0.0423. The molecule has 104 valence electrons. The molecule has 0 aliphatic heterocycles. The van der Waals surface area contributed by atoms with E-state index >= 15 is 0 Å². The lowest BCUT2D eigenvalue weighted by atomic mass is 10.2. The number of aromatic nitrogens is 4. The summed E-state index contributed by atoms with van der Waals surface area (Å²) in [6.45, 7) is 2.03. The topological polar surface area (TPSA) is 119 Å². The summed E-state index contributed by atoms with van der Waals surface area (Å²) in [5, 5.41) is 10.5. The normalized spacial score (nSPS) is 11.7. The van der Waals surface area contributed by atoms with Gasteiger partial charge in [-0.3, -0.25) is 14.5 Å². The van der Waals surface area contributed by atoms with E-state index in [9.17, 15) is 8.42 Å². The Bertz CT molecular complexity index is 672. The first-order valence-electron chi connectivity index (χ1n) is 5.78. The average Bonchev–Trinajstić information content (AvgIpc) is 2.86. The zero-order valence-electron chi connectivity index (χ0n) is 10.7.